The van der Waals surface area contributed by atoms with Gasteiger partial charge in [0, 0.05) is 26.3 Å². The van der Waals surface area contributed by atoms with Gasteiger partial charge in [0.25, 0.3) is 0 Å². The molecule has 0 aliphatic heterocycles. The lowest BCUT2D eigenvalue weighted by molar-refractivity contribution is 0.339. The van der Waals surface area contributed by atoms with Crippen LogP contribution in [0.25, 0.3) is 0 Å². The van der Waals surface area contributed by atoms with Crippen LogP contribution >= 0.6 is 0 Å². The van der Waals surface area contributed by atoms with E-state index in [1.807, 2.05) is 6.92 Å². The fourth-order valence-electron chi connectivity index (χ4n) is 2.06. The van der Waals surface area contributed by atoms with Gasteiger partial charge in [-0.1, -0.05) is 33.6 Å². The molecule has 0 fully saturated rings. The highest BCUT2D eigenvalue weighted by Gasteiger charge is 2.25. The molecule has 1 N–H and O–H groups in total. The first-order chi connectivity index (χ1) is 9.49. The van der Waals surface area contributed by atoms with Crippen molar-refractivity contribution in [2.45, 2.75) is 38.5 Å². The number of hydrogen-bond donors (Lipinski definition) is 1. The Morgan fingerprint density at radius 2 is 1.90 bits per heavy atom. The number of nitrogens with zero attached hydrogens (tertiary/aromatic N) is 2. The van der Waals surface area contributed by atoms with Gasteiger partial charge in [-0.05, 0) is 18.1 Å². The summed E-state index contributed by atoms with van der Waals surface area (Å²) in [7, 11) is -1.70. The van der Waals surface area contributed by atoms with Crippen LogP contribution in [0.1, 0.15) is 33.6 Å². The summed E-state index contributed by atoms with van der Waals surface area (Å²) in [6.45, 7) is 7.11. The number of rotatable bonds is 8. The van der Waals surface area contributed by atoms with Crippen LogP contribution < -0.4 is 5.32 Å². The molecular formula is C14H25N3O2S. The summed E-state index contributed by atoms with van der Waals surface area (Å²) in [6, 6.07) is 3.28. The van der Waals surface area contributed by atoms with E-state index >= 15 is 0 Å². The summed E-state index contributed by atoms with van der Waals surface area (Å²) >= 11 is 0. The predicted octanol–water partition coefficient (Wildman–Crippen LogP) is 2.57. The maximum atomic E-state index is 12.6. The smallest absolute Gasteiger partial charge is 0.244 e. The van der Waals surface area contributed by atoms with E-state index in [9.17, 15) is 8.42 Å². The van der Waals surface area contributed by atoms with E-state index in [1.54, 1.807) is 23.5 Å². The second kappa shape index (κ2) is 7.59. The van der Waals surface area contributed by atoms with Crippen molar-refractivity contribution in [3.63, 3.8) is 0 Å². The zero-order valence-electron chi connectivity index (χ0n) is 12.8. The molecule has 1 heterocycles. The van der Waals surface area contributed by atoms with Crippen LogP contribution in [-0.4, -0.2) is 37.8 Å². The predicted molar refractivity (Wildman–Crippen MR) is 82.3 cm³/mol. The van der Waals surface area contributed by atoms with Crippen molar-refractivity contribution in [3.05, 3.63) is 18.3 Å². The number of anilines is 1. The van der Waals surface area contributed by atoms with Crippen LogP contribution in [0.2, 0.25) is 0 Å². The van der Waals surface area contributed by atoms with Crippen molar-refractivity contribution >= 4 is 15.8 Å². The number of hydrogen-bond acceptors (Lipinski definition) is 4. The van der Waals surface area contributed by atoms with E-state index < -0.39 is 10.0 Å². The maximum Gasteiger partial charge on any atom is 0.244 e. The van der Waals surface area contributed by atoms with Crippen LogP contribution in [0.5, 0.6) is 0 Å². The Morgan fingerprint density at radius 1 is 1.25 bits per heavy atom. The fraction of sp³-hybridized carbons (Fsp3) is 0.643. The Labute approximate surface area is 122 Å². The Balaban J connectivity index is 2.98. The van der Waals surface area contributed by atoms with Gasteiger partial charge in [-0.25, -0.2) is 13.4 Å². The third-order valence-electron chi connectivity index (χ3n) is 3.60. The molecule has 20 heavy (non-hydrogen) atoms. The minimum Gasteiger partial charge on any atom is -0.373 e. The SMILES string of the molecule is CCC(CC)CN(CC)S(=O)(=O)c1ccc(NC)nc1. The zero-order chi connectivity index (χ0) is 15.2. The van der Waals surface area contributed by atoms with Gasteiger partial charge in [0.05, 0.1) is 0 Å². The van der Waals surface area contributed by atoms with Gasteiger partial charge in [-0.15, -0.1) is 0 Å². The molecule has 0 unspecified atom stereocenters. The minimum atomic E-state index is -3.45. The van der Waals surface area contributed by atoms with E-state index in [4.69, 9.17) is 0 Å². The molecule has 5 nitrogen and oxygen atoms in total. The van der Waals surface area contributed by atoms with E-state index in [1.165, 1.54) is 6.20 Å². The van der Waals surface area contributed by atoms with Gasteiger partial charge in [0.15, 0.2) is 0 Å². The van der Waals surface area contributed by atoms with Crippen molar-refractivity contribution in [2.24, 2.45) is 5.92 Å². The molecule has 0 aliphatic rings. The summed E-state index contributed by atoms with van der Waals surface area (Å²) in [5, 5.41) is 2.88. The third-order valence-corrected chi connectivity index (χ3v) is 5.52. The van der Waals surface area contributed by atoms with Crippen LogP contribution in [0.15, 0.2) is 23.2 Å². The highest BCUT2D eigenvalue weighted by molar-refractivity contribution is 7.89. The average molecular weight is 299 g/mol. The monoisotopic (exact) mass is 299 g/mol. The van der Waals surface area contributed by atoms with Crippen molar-refractivity contribution in [2.75, 3.05) is 25.5 Å². The molecule has 0 atom stereocenters. The molecule has 0 aromatic carbocycles. The summed E-state index contributed by atoms with van der Waals surface area (Å²) in [5.74, 6) is 1.06. The van der Waals surface area contributed by atoms with Crippen LogP contribution in [0.4, 0.5) is 5.82 Å². The highest BCUT2D eigenvalue weighted by atomic mass is 32.2. The molecule has 0 aliphatic carbocycles. The van der Waals surface area contributed by atoms with Crippen molar-refractivity contribution in [1.29, 1.82) is 0 Å². The largest absolute Gasteiger partial charge is 0.373 e. The lowest BCUT2D eigenvalue weighted by Crippen LogP contribution is -2.35. The van der Waals surface area contributed by atoms with Crippen LogP contribution in [0, 0.1) is 5.92 Å². The van der Waals surface area contributed by atoms with E-state index in [-0.39, 0.29) is 4.90 Å². The molecule has 0 saturated heterocycles. The third kappa shape index (κ3) is 3.93. The van der Waals surface area contributed by atoms with Gasteiger partial charge in [-0.3, -0.25) is 0 Å². The maximum absolute atomic E-state index is 12.6. The van der Waals surface area contributed by atoms with E-state index in [0.717, 1.165) is 12.8 Å². The number of pyridine rings is 1. The molecule has 0 bridgehead atoms. The quantitative estimate of drug-likeness (QED) is 0.801. The summed E-state index contributed by atoms with van der Waals surface area (Å²) < 4.78 is 26.7. The standard InChI is InChI=1S/C14H25N3O2S/c1-5-12(6-2)11-17(7-3)20(18,19)13-8-9-14(15-4)16-10-13/h8-10,12H,5-7,11H2,1-4H3,(H,15,16). The van der Waals surface area contributed by atoms with Crippen LogP contribution in [-0.2, 0) is 10.0 Å². The average Bonchev–Trinajstić information content (AvgIpc) is 2.48. The lowest BCUT2D eigenvalue weighted by atomic mass is 10.0. The molecule has 0 saturated carbocycles. The Kier molecular flexibility index (Phi) is 6.42. The number of sulfonamides is 1. The summed E-state index contributed by atoms with van der Waals surface area (Å²) in [5.41, 5.74) is 0. The molecule has 0 amide bonds. The number of nitrogens with one attached hydrogen (secondary N) is 1. The van der Waals surface area contributed by atoms with Gasteiger partial charge in [0.1, 0.15) is 10.7 Å². The topological polar surface area (TPSA) is 62.3 Å². The summed E-state index contributed by atoms with van der Waals surface area (Å²) in [4.78, 5) is 4.34. The van der Waals surface area contributed by atoms with Crippen molar-refractivity contribution in [1.82, 2.24) is 9.29 Å². The minimum absolute atomic E-state index is 0.254. The zero-order valence-corrected chi connectivity index (χ0v) is 13.6. The second-order valence-electron chi connectivity index (χ2n) is 4.77. The number of aromatic nitrogens is 1. The first kappa shape index (κ1) is 16.9. The first-order valence-electron chi connectivity index (χ1n) is 7.13. The highest BCUT2D eigenvalue weighted by Crippen LogP contribution is 2.19. The van der Waals surface area contributed by atoms with Gasteiger partial charge >= 0.3 is 0 Å². The molecule has 114 valence electrons. The molecule has 0 radical (unpaired) electrons. The fourth-order valence-corrected chi connectivity index (χ4v) is 3.53. The van der Waals surface area contributed by atoms with E-state index in [0.29, 0.717) is 24.8 Å². The lowest BCUT2D eigenvalue weighted by Gasteiger charge is -2.24. The van der Waals surface area contributed by atoms with Gasteiger partial charge in [0.2, 0.25) is 10.0 Å². The molecular weight excluding hydrogens is 274 g/mol. The Bertz CT molecular complexity index is 496. The Morgan fingerprint density at radius 3 is 2.30 bits per heavy atom. The Hall–Kier alpha value is -1.14. The second-order valence-corrected chi connectivity index (χ2v) is 6.71. The molecule has 0 spiro atoms. The normalized spacial score (nSPS) is 12.1. The molecule has 1 rings (SSSR count). The molecule has 6 heteroatoms. The van der Waals surface area contributed by atoms with Gasteiger partial charge in [-0.2, -0.15) is 4.31 Å². The molecule has 1 aromatic heterocycles. The van der Waals surface area contributed by atoms with E-state index in [2.05, 4.69) is 24.1 Å². The first-order valence-corrected chi connectivity index (χ1v) is 8.57. The summed E-state index contributed by atoms with van der Waals surface area (Å²) in [6.07, 6.45) is 3.38. The molecule has 1 aromatic rings. The van der Waals surface area contributed by atoms with Crippen molar-refractivity contribution in [3.8, 4) is 0 Å². The van der Waals surface area contributed by atoms with Crippen molar-refractivity contribution < 1.29 is 8.42 Å². The van der Waals surface area contributed by atoms with Crippen LogP contribution in [0.3, 0.4) is 0 Å². The van der Waals surface area contributed by atoms with Gasteiger partial charge < -0.3 is 5.32 Å².